The number of carbonyl (C=O) groups is 1. The molecule has 0 aliphatic rings. The number of aromatic nitrogens is 2. The number of alkyl halides is 3. The topological polar surface area (TPSA) is 56.1 Å². The number of hydrogen-bond donors (Lipinski definition) is 1. The summed E-state index contributed by atoms with van der Waals surface area (Å²) in [6, 6.07) is -0.841. The molecule has 78 valence electrons. The second-order valence-electron chi connectivity index (χ2n) is 2.28. The Morgan fingerprint density at radius 3 is 2.79 bits per heavy atom. The van der Waals surface area contributed by atoms with Crippen LogP contribution >= 0.6 is 0 Å². The molecule has 8 heteroatoms. The van der Waals surface area contributed by atoms with Crippen LogP contribution in [0.3, 0.4) is 0 Å². The molecule has 0 saturated carbocycles. The largest absolute Gasteiger partial charge is 0.414 e. The van der Waals surface area contributed by atoms with Crippen LogP contribution in [0.15, 0.2) is 18.7 Å². The lowest BCUT2D eigenvalue weighted by Crippen LogP contribution is -2.32. The summed E-state index contributed by atoms with van der Waals surface area (Å²) in [6.07, 6.45) is -0.760. The van der Waals surface area contributed by atoms with Gasteiger partial charge in [-0.1, -0.05) is 0 Å². The molecule has 5 nitrogen and oxygen atoms in total. The lowest BCUT2D eigenvalue weighted by Gasteiger charge is -2.07. The Labute approximate surface area is 76.4 Å². The first kappa shape index (κ1) is 10.5. The van der Waals surface area contributed by atoms with Crippen LogP contribution in [0.25, 0.3) is 0 Å². The molecule has 1 rings (SSSR count). The van der Waals surface area contributed by atoms with E-state index in [2.05, 4.69) is 9.82 Å². The summed E-state index contributed by atoms with van der Waals surface area (Å²) in [6.45, 7) is -1.53. The Kier molecular flexibility index (Phi) is 3.07. The van der Waals surface area contributed by atoms with Gasteiger partial charge in [0.05, 0.1) is 0 Å². The zero-order valence-corrected chi connectivity index (χ0v) is 6.78. The normalized spacial score (nSPS) is 11.4. The number of nitrogens with one attached hydrogen (secondary N) is 1. The van der Waals surface area contributed by atoms with Gasteiger partial charge >= 0.3 is 12.2 Å². The molecular formula is C6H6F3N3O2. The first-order valence-corrected chi connectivity index (χ1v) is 3.46. The van der Waals surface area contributed by atoms with Crippen molar-refractivity contribution >= 4 is 6.03 Å². The van der Waals surface area contributed by atoms with Crippen LogP contribution in [0, 0.1) is 0 Å². The van der Waals surface area contributed by atoms with Crippen LogP contribution in [0.1, 0.15) is 0 Å². The fourth-order valence-corrected chi connectivity index (χ4v) is 0.612. The van der Waals surface area contributed by atoms with Crippen LogP contribution in [-0.2, 0) is 4.84 Å². The molecular weight excluding hydrogens is 203 g/mol. The lowest BCUT2D eigenvalue weighted by molar-refractivity contribution is -0.184. The monoisotopic (exact) mass is 209 g/mol. The van der Waals surface area contributed by atoms with E-state index in [9.17, 15) is 18.0 Å². The van der Waals surface area contributed by atoms with Crippen molar-refractivity contribution in [3.63, 3.8) is 0 Å². The molecule has 1 aromatic heterocycles. The van der Waals surface area contributed by atoms with E-state index in [4.69, 9.17) is 0 Å². The average Bonchev–Trinajstić information content (AvgIpc) is 2.53. The number of hydroxylamine groups is 1. The van der Waals surface area contributed by atoms with Gasteiger partial charge in [0, 0.05) is 12.4 Å². The summed E-state index contributed by atoms with van der Waals surface area (Å²) in [5.74, 6) is 0. The number of amides is 1. The lowest BCUT2D eigenvalue weighted by atomic mass is 10.7. The van der Waals surface area contributed by atoms with E-state index < -0.39 is 18.8 Å². The smallest absolute Gasteiger partial charge is 0.263 e. The highest BCUT2D eigenvalue weighted by Crippen LogP contribution is 2.13. The summed E-state index contributed by atoms with van der Waals surface area (Å²) >= 11 is 0. The van der Waals surface area contributed by atoms with Crippen molar-refractivity contribution in [2.24, 2.45) is 0 Å². The molecule has 0 aliphatic heterocycles. The van der Waals surface area contributed by atoms with Crippen LogP contribution in [-0.4, -0.2) is 28.4 Å². The van der Waals surface area contributed by atoms with Crippen LogP contribution in [0.4, 0.5) is 18.0 Å². The maximum Gasteiger partial charge on any atom is 0.414 e. The Morgan fingerprint density at radius 1 is 1.57 bits per heavy atom. The van der Waals surface area contributed by atoms with Gasteiger partial charge in [0.25, 0.3) is 0 Å². The van der Waals surface area contributed by atoms with Crippen LogP contribution < -0.4 is 5.48 Å². The molecule has 1 heterocycles. The van der Waals surface area contributed by atoms with Gasteiger partial charge in [0.15, 0.2) is 6.61 Å². The van der Waals surface area contributed by atoms with Crippen molar-refractivity contribution in [3.8, 4) is 0 Å². The SMILES string of the molecule is O=C(NOCC(F)(F)F)n1ccnc1. The summed E-state index contributed by atoms with van der Waals surface area (Å²) in [4.78, 5) is 18.3. The summed E-state index contributed by atoms with van der Waals surface area (Å²) in [5.41, 5.74) is 1.61. The Balaban J connectivity index is 2.30. The summed E-state index contributed by atoms with van der Waals surface area (Å²) in [7, 11) is 0. The van der Waals surface area contributed by atoms with Gasteiger partial charge in [-0.3, -0.25) is 9.40 Å². The van der Waals surface area contributed by atoms with Gasteiger partial charge < -0.3 is 0 Å². The molecule has 0 aromatic carbocycles. The van der Waals surface area contributed by atoms with E-state index in [0.717, 1.165) is 10.9 Å². The predicted octanol–water partition coefficient (Wildman–Crippen LogP) is 0.935. The first-order valence-electron chi connectivity index (χ1n) is 3.46. The van der Waals surface area contributed by atoms with E-state index in [1.54, 1.807) is 5.48 Å². The fraction of sp³-hybridized carbons (Fsp3) is 0.333. The van der Waals surface area contributed by atoms with Crippen molar-refractivity contribution in [2.75, 3.05) is 6.61 Å². The molecule has 0 spiro atoms. The molecule has 1 N–H and O–H groups in total. The van der Waals surface area contributed by atoms with Gasteiger partial charge in [-0.25, -0.2) is 15.3 Å². The molecule has 0 saturated heterocycles. The highest BCUT2D eigenvalue weighted by Gasteiger charge is 2.28. The molecule has 0 atom stereocenters. The zero-order valence-electron chi connectivity index (χ0n) is 6.78. The van der Waals surface area contributed by atoms with Crippen molar-refractivity contribution in [1.29, 1.82) is 0 Å². The number of nitrogens with zero attached hydrogens (tertiary/aromatic N) is 2. The summed E-state index contributed by atoms with van der Waals surface area (Å²) < 4.78 is 35.6. The van der Waals surface area contributed by atoms with Gasteiger partial charge in [0.2, 0.25) is 0 Å². The standard InChI is InChI=1S/C6H6F3N3O2/c7-6(8,9)3-14-11-5(13)12-2-1-10-4-12/h1-2,4H,3H2,(H,11,13). The third-order valence-electron chi connectivity index (χ3n) is 1.13. The second kappa shape index (κ2) is 4.09. The van der Waals surface area contributed by atoms with Crippen LogP contribution in [0.2, 0.25) is 0 Å². The van der Waals surface area contributed by atoms with E-state index in [1.165, 1.54) is 12.4 Å². The number of carbonyl (C=O) groups excluding carboxylic acids is 1. The minimum absolute atomic E-state index is 0.841. The summed E-state index contributed by atoms with van der Waals surface area (Å²) in [5, 5.41) is 0. The average molecular weight is 209 g/mol. The van der Waals surface area contributed by atoms with Crippen molar-refractivity contribution in [1.82, 2.24) is 15.0 Å². The van der Waals surface area contributed by atoms with Gasteiger partial charge in [-0.2, -0.15) is 13.2 Å². The van der Waals surface area contributed by atoms with E-state index >= 15 is 0 Å². The second-order valence-corrected chi connectivity index (χ2v) is 2.28. The first-order chi connectivity index (χ1) is 6.49. The van der Waals surface area contributed by atoms with E-state index in [0.29, 0.717) is 0 Å². The number of hydrogen-bond acceptors (Lipinski definition) is 3. The quantitative estimate of drug-likeness (QED) is 0.737. The number of rotatable bonds is 2. The van der Waals surface area contributed by atoms with Gasteiger partial charge in [-0.15, -0.1) is 0 Å². The predicted molar refractivity (Wildman–Crippen MR) is 38.2 cm³/mol. The minimum atomic E-state index is -4.47. The fourth-order valence-electron chi connectivity index (χ4n) is 0.612. The molecule has 0 bridgehead atoms. The Hall–Kier alpha value is -1.57. The third-order valence-corrected chi connectivity index (χ3v) is 1.13. The molecule has 0 aliphatic carbocycles. The molecule has 1 amide bonds. The van der Waals surface area contributed by atoms with E-state index in [-0.39, 0.29) is 0 Å². The van der Waals surface area contributed by atoms with Gasteiger partial charge in [0.1, 0.15) is 6.33 Å². The maximum absolute atomic E-state index is 11.6. The van der Waals surface area contributed by atoms with Crippen molar-refractivity contribution in [2.45, 2.75) is 6.18 Å². The Morgan fingerprint density at radius 2 is 2.29 bits per heavy atom. The van der Waals surface area contributed by atoms with E-state index in [1.807, 2.05) is 0 Å². The third kappa shape index (κ3) is 3.44. The molecule has 1 aromatic rings. The highest BCUT2D eigenvalue weighted by molar-refractivity contribution is 5.75. The van der Waals surface area contributed by atoms with Crippen LogP contribution in [0.5, 0.6) is 0 Å². The highest BCUT2D eigenvalue weighted by atomic mass is 19.4. The molecule has 14 heavy (non-hydrogen) atoms. The minimum Gasteiger partial charge on any atom is -0.263 e. The molecule has 0 radical (unpaired) electrons. The number of imidazole rings is 1. The van der Waals surface area contributed by atoms with Gasteiger partial charge in [-0.05, 0) is 0 Å². The molecule has 0 unspecified atom stereocenters. The maximum atomic E-state index is 11.6. The molecule has 0 fully saturated rings. The van der Waals surface area contributed by atoms with Crippen molar-refractivity contribution < 1.29 is 22.8 Å². The van der Waals surface area contributed by atoms with Crippen molar-refractivity contribution in [3.05, 3.63) is 18.7 Å². The Bertz CT molecular complexity index is 296. The number of halogens is 3. The zero-order chi connectivity index (χ0) is 10.6.